The van der Waals surface area contributed by atoms with Crippen LogP contribution in [0.4, 0.5) is 0 Å². The number of rotatable bonds is 4. The molecule has 0 aliphatic carbocycles. The van der Waals surface area contributed by atoms with E-state index in [9.17, 15) is 0 Å². The molecule has 1 fully saturated rings. The summed E-state index contributed by atoms with van der Waals surface area (Å²) >= 11 is 5.84. The second-order valence-corrected chi connectivity index (χ2v) is 5.03. The van der Waals surface area contributed by atoms with Gasteiger partial charge < -0.3 is 4.90 Å². The molecule has 0 atom stereocenters. The third kappa shape index (κ3) is 3.22. The minimum absolute atomic E-state index is 0.829. The van der Waals surface area contributed by atoms with Crippen LogP contribution in [0.25, 0.3) is 0 Å². The SMILES string of the molecule is CC1CN(CCCc2ccc(Cl)cc2)C1. The van der Waals surface area contributed by atoms with Gasteiger partial charge in [0.2, 0.25) is 0 Å². The van der Waals surface area contributed by atoms with Gasteiger partial charge in [0.25, 0.3) is 0 Å². The van der Waals surface area contributed by atoms with Gasteiger partial charge in [-0.25, -0.2) is 0 Å². The molecule has 0 bridgehead atoms. The maximum absolute atomic E-state index is 5.84. The summed E-state index contributed by atoms with van der Waals surface area (Å²) in [5.41, 5.74) is 1.40. The summed E-state index contributed by atoms with van der Waals surface area (Å²) in [6, 6.07) is 8.20. The van der Waals surface area contributed by atoms with Gasteiger partial charge in [0.1, 0.15) is 0 Å². The van der Waals surface area contributed by atoms with Gasteiger partial charge in [-0.15, -0.1) is 0 Å². The first-order chi connectivity index (χ1) is 7.24. The maximum Gasteiger partial charge on any atom is 0.0406 e. The summed E-state index contributed by atoms with van der Waals surface area (Å²) in [7, 11) is 0. The van der Waals surface area contributed by atoms with Crippen LogP contribution in [0.3, 0.4) is 0 Å². The first-order valence-electron chi connectivity index (χ1n) is 5.71. The summed E-state index contributed by atoms with van der Waals surface area (Å²) in [6.45, 7) is 6.14. The van der Waals surface area contributed by atoms with E-state index in [4.69, 9.17) is 11.6 Å². The average molecular weight is 224 g/mol. The molecule has 0 saturated carbocycles. The molecule has 2 rings (SSSR count). The number of hydrogen-bond acceptors (Lipinski definition) is 1. The number of hydrogen-bond donors (Lipinski definition) is 0. The van der Waals surface area contributed by atoms with E-state index in [0.717, 1.165) is 10.9 Å². The fourth-order valence-corrected chi connectivity index (χ4v) is 2.29. The number of nitrogens with zero attached hydrogens (tertiary/aromatic N) is 1. The molecule has 1 aliphatic heterocycles. The lowest BCUT2D eigenvalue weighted by Crippen LogP contribution is -2.45. The van der Waals surface area contributed by atoms with Crippen molar-refractivity contribution in [2.24, 2.45) is 5.92 Å². The zero-order chi connectivity index (χ0) is 10.7. The van der Waals surface area contributed by atoms with Crippen molar-refractivity contribution in [3.05, 3.63) is 34.9 Å². The molecule has 1 nitrogen and oxygen atoms in total. The van der Waals surface area contributed by atoms with E-state index in [-0.39, 0.29) is 0 Å². The predicted molar refractivity (Wildman–Crippen MR) is 65.4 cm³/mol. The van der Waals surface area contributed by atoms with Crippen molar-refractivity contribution >= 4 is 11.6 Å². The molecule has 2 heteroatoms. The summed E-state index contributed by atoms with van der Waals surface area (Å²) in [5.74, 6) is 0.917. The monoisotopic (exact) mass is 223 g/mol. The van der Waals surface area contributed by atoms with Crippen LogP contribution < -0.4 is 0 Å². The summed E-state index contributed by atoms with van der Waals surface area (Å²) < 4.78 is 0. The molecule has 82 valence electrons. The second kappa shape index (κ2) is 5.00. The standard InChI is InChI=1S/C13H18ClN/c1-11-9-15(10-11)8-2-3-12-4-6-13(14)7-5-12/h4-7,11H,2-3,8-10H2,1H3. The number of halogens is 1. The van der Waals surface area contributed by atoms with Crippen LogP contribution in [0.5, 0.6) is 0 Å². The molecule has 1 aromatic carbocycles. The Morgan fingerprint density at radius 3 is 2.53 bits per heavy atom. The van der Waals surface area contributed by atoms with Crippen molar-refractivity contribution in [1.29, 1.82) is 0 Å². The summed E-state index contributed by atoms with van der Waals surface area (Å²) in [4.78, 5) is 2.53. The first kappa shape index (κ1) is 11.0. The lowest BCUT2D eigenvalue weighted by atomic mass is 10.0. The molecule has 1 aliphatic rings. The molecular formula is C13H18ClN. The fourth-order valence-electron chi connectivity index (χ4n) is 2.17. The van der Waals surface area contributed by atoms with Gasteiger partial charge in [0.05, 0.1) is 0 Å². The normalized spacial score (nSPS) is 17.7. The maximum atomic E-state index is 5.84. The summed E-state index contributed by atoms with van der Waals surface area (Å²) in [6.07, 6.45) is 2.43. The molecule has 0 amide bonds. The van der Waals surface area contributed by atoms with Gasteiger partial charge in [-0.05, 0) is 43.0 Å². The van der Waals surface area contributed by atoms with E-state index in [1.165, 1.54) is 38.0 Å². The molecule has 0 spiro atoms. The highest BCUT2D eigenvalue weighted by Crippen LogP contribution is 2.15. The van der Waals surface area contributed by atoms with Gasteiger partial charge >= 0.3 is 0 Å². The zero-order valence-electron chi connectivity index (χ0n) is 9.25. The minimum atomic E-state index is 0.829. The van der Waals surface area contributed by atoms with E-state index in [0.29, 0.717) is 0 Å². The van der Waals surface area contributed by atoms with Crippen LogP contribution in [-0.2, 0) is 6.42 Å². The predicted octanol–water partition coefficient (Wildman–Crippen LogP) is 3.22. The number of benzene rings is 1. The van der Waals surface area contributed by atoms with E-state index < -0.39 is 0 Å². The smallest absolute Gasteiger partial charge is 0.0406 e. The fraction of sp³-hybridized carbons (Fsp3) is 0.538. The molecule has 1 heterocycles. The Morgan fingerprint density at radius 1 is 1.27 bits per heavy atom. The Labute approximate surface area is 97.0 Å². The molecule has 0 radical (unpaired) electrons. The van der Waals surface area contributed by atoms with Gasteiger partial charge in [-0.3, -0.25) is 0 Å². The molecule has 0 unspecified atom stereocenters. The van der Waals surface area contributed by atoms with Crippen LogP contribution in [0, 0.1) is 5.92 Å². The molecule has 0 N–H and O–H groups in total. The van der Waals surface area contributed by atoms with Gasteiger partial charge in [0.15, 0.2) is 0 Å². The first-order valence-corrected chi connectivity index (χ1v) is 6.08. The Balaban J connectivity index is 1.67. The third-order valence-corrected chi connectivity index (χ3v) is 3.24. The molecule has 0 aromatic heterocycles. The van der Waals surface area contributed by atoms with E-state index in [2.05, 4.69) is 24.0 Å². The van der Waals surface area contributed by atoms with Gasteiger partial charge in [0, 0.05) is 18.1 Å². The molecule has 1 aromatic rings. The van der Waals surface area contributed by atoms with Crippen LogP contribution >= 0.6 is 11.6 Å². The quantitative estimate of drug-likeness (QED) is 0.758. The van der Waals surface area contributed by atoms with Gasteiger partial charge in [-0.2, -0.15) is 0 Å². The van der Waals surface area contributed by atoms with Crippen molar-refractivity contribution in [3.63, 3.8) is 0 Å². The van der Waals surface area contributed by atoms with E-state index in [1.54, 1.807) is 0 Å². The molecule has 15 heavy (non-hydrogen) atoms. The second-order valence-electron chi connectivity index (χ2n) is 4.59. The van der Waals surface area contributed by atoms with Crippen molar-refractivity contribution in [1.82, 2.24) is 4.90 Å². The van der Waals surface area contributed by atoms with Crippen molar-refractivity contribution in [3.8, 4) is 0 Å². The van der Waals surface area contributed by atoms with Gasteiger partial charge in [-0.1, -0.05) is 30.7 Å². The Morgan fingerprint density at radius 2 is 1.93 bits per heavy atom. The Hall–Kier alpha value is -0.530. The van der Waals surface area contributed by atoms with Crippen LogP contribution in [-0.4, -0.2) is 24.5 Å². The van der Waals surface area contributed by atoms with E-state index >= 15 is 0 Å². The Bertz CT molecular complexity index is 301. The van der Waals surface area contributed by atoms with Crippen LogP contribution in [0.15, 0.2) is 24.3 Å². The zero-order valence-corrected chi connectivity index (χ0v) is 10.0. The van der Waals surface area contributed by atoms with E-state index in [1.807, 2.05) is 12.1 Å². The average Bonchev–Trinajstić information content (AvgIpc) is 2.18. The largest absolute Gasteiger partial charge is 0.303 e. The molecular weight excluding hydrogens is 206 g/mol. The highest BCUT2D eigenvalue weighted by Gasteiger charge is 2.20. The minimum Gasteiger partial charge on any atom is -0.303 e. The highest BCUT2D eigenvalue weighted by atomic mass is 35.5. The number of likely N-dealkylation sites (tertiary alicyclic amines) is 1. The highest BCUT2D eigenvalue weighted by molar-refractivity contribution is 6.30. The lowest BCUT2D eigenvalue weighted by Gasteiger charge is -2.37. The van der Waals surface area contributed by atoms with Crippen LogP contribution in [0.1, 0.15) is 18.9 Å². The third-order valence-electron chi connectivity index (χ3n) is 2.99. The molecule has 1 saturated heterocycles. The van der Waals surface area contributed by atoms with Crippen molar-refractivity contribution in [2.75, 3.05) is 19.6 Å². The number of aryl methyl sites for hydroxylation is 1. The van der Waals surface area contributed by atoms with Crippen molar-refractivity contribution < 1.29 is 0 Å². The topological polar surface area (TPSA) is 3.24 Å². The lowest BCUT2D eigenvalue weighted by molar-refractivity contribution is 0.112. The van der Waals surface area contributed by atoms with Crippen LogP contribution in [0.2, 0.25) is 5.02 Å². The summed E-state index contributed by atoms with van der Waals surface area (Å²) in [5, 5.41) is 0.829. The Kier molecular flexibility index (Phi) is 3.66. The van der Waals surface area contributed by atoms with Crippen molar-refractivity contribution in [2.45, 2.75) is 19.8 Å².